The Hall–Kier alpha value is -3.12. The number of carbonyl (C=O) groups excluding carboxylic acids is 2. The van der Waals surface area contributed by atoms with Gasteiger partial charge in [-0.15, -0.1) is 0 Å². The monoisotopic (exact) mass is 423 g/mol. The molecule has 6 heteroatoms. The quantitative estimate of drug-likeness (QED) is 0.300. The van der Waals surface area contributed by atoms with E-state index in [-0.39, 0.29) is 11.3 Å². The van der Waals surface area contributed by atoms with E-state index in [1.807, 2.05) is 31.2 Å². The summed E-state index contributed by atoms with van der Waals surface area (Å²) >= 11 is 0. The molecule has 0 saturated carbocycles. The standard InChI is InChI=1S/C25H29NO5/c1-5-17-7-9-18(10-8-17)22-21(24(28)25(29)26(22)13-6-14-30-3)23(27)20-12-11-19(31-4)15-16(20)2/h7-12,15,22,27H,5-6,13-14H2,1-4H3/t22-/m0/s1. The van der Waals surface area contributed by atoms with Crippen molar-refractivity contribution < 1.29 is 24.2 Å². The number of hydrogen-bond donors (Lipinski definition) is 1. The second-order valence-electron chi connectivity index (χ2n) is 7.61. The number of benzene rings is 2. The van der Waals surface area contributed by atoms with Gasteiger partial charge in [0.05, 0.1) is 18.7 Å². The van der Waals surface area contributed by atoms with Gasteiger partial charge >= 0.3 is 0 Å². The van der Waals surface area contributed by atoms with Gasteiger partial charge < -0.3 is 19.5 Å². The van der Waals surface area contributed by atoms with E-state index in [0.717, 1.165) is 23.1 Å². The van der Waals surface area contributed by atoms with Crippen molar-refractivity contribution in [1.82, 2.24) is 4.90 Å². The number of aliphatic hydroxyl groups is 1. The molecule has 0 bridgehead atoms. The van der Waals surface area contributed by atoms with Crippen molar-refractivity contribution in [2.75, 3.05) is 27.4 Å². The fourth-order valence-electron chi connectivity index (χ4n) is 3.95. The highest BCUT2D eigenvalue weighted by Crippen LogP contribution is 2.40. The zero-order valence-electron chi connectivity index (χ0n) is 18.5. The summed E-state index contributed by atoms with van der Waals surface area (Å²) in [6.45, 7) is 4.73. The summed E-state index contributed by atoms with van der Waals surface area (Å²) in [4.78, 5) is 27.5. The molecule has 164 valence electrons. The van der Waals surface area contributed by atoms with Gasteiger partial charge in [0.1, 0.15) is 11.5 Å². The normalized spacial score (nSPS) is 17.9. The molecule has 1 heterocycles. The minimum Gasteiger partial charge on any atom is -0.507 e. The fraction of sp³-hybridized carbons (Fsp3) is 0.360. The van der Waals surface area contributed by atoms with Crippen LogP contribution in [0.4, 0.5) is 0 Å². The van der Waals surface area contributed by atoms with Crippen molar-refractivity contribution in [3.05, 3.63) is 70.3 Å². The highest BCUT2D eigenvalue weighted by molar-refractivity contribution is 6.46. The van der Waals surface area contributed by atoms with E-state index >= 15 is 0 Å². The van der Waals surface area contributed by atoms with E-state index in [1.54, 1.807) is 32.4 Å². The number of methoxy groups -OCH3 is 2. The molecule has 0 radical (unpaired) electrons. The molecule has 3 rings (SSSR count). The van der Waals surface area contributed by atoms with E-state index in [9.17, 15) is 14.7 Å². The average molecular weight is 424 g/mol. The first-order valence-corrected chi connectivity index (χ1v) is 10.4. The molecule has 1 N–H and O–H groups in total. The molecule has 1 fully saturated rings. The number of rotatable bonds is 8. The Balaban J connectivity index is 2.13. The van der Waals surface area contributed by atoms with Gasteiger partial charge in [0.2, 0.25) is 0 Å². The first-order valence-electron chi connectivity index (χ1n) is 10.4. The number of aliphatic hydroxyl groups excluding tert-OH is 1. The minimum absolute atomic E-state index is 0.111. The lowest BCUT2D eigenvalue weighted by molar-refractivity contribution is -0.140. The van der Waals surface area contributed by atoms with Crippen molar-refractivity contribution in [3.63, 3.8) is 0 Å². The third kappa shape index (κ3) is 4.49. The Morgan fingerprint density at radius 2 is 1.81 bits per heavy atom. The number of ether oxygens (including phenoxy) is 2. The molecule has 2 aromatic rings. The highest BCUT2D eigenvalue weighted by atomic mass is 16.5. The van der Waals surface area contributed by atoms with E-state index < -0.39 is 17.7 Å². The maximum atomic E-state index is 13.0. The molecular weight excluding hydrogens is 394 g/mol. The van der Waals surface area contributed by atoms with E-state index in [1.165, 1.54) is 4.90 Å². The van der Waals surface area contributed by atoms with Crippen LogP contribution in [0.5, 0.6) is 5.75 Å². The van der Waals surface area contributed by atoms with Crippen LogP contribution in [0.15, 0.2) is 48.0 Å². The zero-order chi connectivity index (χ0) is 22.5. The van der Waals surface area contributed by atoms with Gasteiger partial charge in [-0.25, -0.2) is 0 Å². The van der Waals surface area contributed by atoms with Crippen LogP contribution < -0.4 is 4.74 Å². The van der Waals surface area contributed by atoms with Gasteiger partial charge in [-0.3, -0.25) is 9.59 Å². The first-order chi connectivity index (χ1) is 14.9. The number of ketones is 1. The predicted octanol–water partition coefficient (Wildman–Crippen LogP) is 4.02. The van der Waals surface area contributed by atoms with Crippen LogP contribution in [0.2, 0.25) is 0 Å². The van der Waals surface area contributed by atoms with Gasteiger partial charge in [0, 0.05) is 25.8 Å². The number of hydrogen-bond acceptors (Lipinski definition) is 5. The number of carbonyl (C=O) groups is 2. The average Bonchev–Trinajstić information content (AvgIpc) is 3.03. The fourth-order valence-corrected chi connectivity index (χ4v) is 3.95. The minimum atomic E-state index is -0.672. The van der Waals surface area contributed by atoms with E-state index in [2.05, 4.69) is 6.92 Å². The molecule has 0 spiro atoms. The molecular formula is C25H29NO5. The zero-order valence-corrected chi connectivity index (χ0v) is 18.5. The van der Waals surface area contributed by atoms with Crippen molar-refractivity contribution in [2.24, 2.45) is 0 Å². The Morgan fingerprint density at radius 3 is 2.39 bits per heavy atom. The first kappa shape index (κ1) is 22.6. The SMILES string of the molecule is CCc1ccc([C@H]2C(=C(O)c3ccc(OC)cc3C)C(=O)C(=O)N2CCCOC)cc1. The summed E-state index contributed by atoms with van der Waals surface area (Å²) in [5.74, 6) is -0.791. The van der Waals surface area contributed by atoms with Gasteiger partial charge in [-0.05, 0) is 54.7 Å². The van der Waals surface area contributed by atoms with Crippen molar-refractivity contribution >= 4 is 17.4 Å². The largest absolute Gasteiger partial charge is 0.507 e. The van der Waals surface area contributed by atoms with Gasteiger partial charge in [0.15, 0.2) is 0 Å². The summed E-state index contributed by atoms with van der Waals surface area (Å²) in [5, 5.41) is 11.2. The summed E-state index contributed by atoms with van der Waals surface area (Å²) in [6.07, 6.45) is 1.48. The number of amides is 1. The smallest absolute Gasteiger partial charge is 0.295 e. The molecule has 1 atom stereocenters. The van der Waals surface area contributed by atoms with Gasteiger partial charge in [-0.2, -0.15) is 0 Å². The topological polar surface area (TPSA) is 76.1 Å². The van der Waals surface area contributed by atoms with Crippen LogP contribution >= 0.6 is 0 Å². The summed E-state index contributed by atoms with van der Waals surface area (Å²) in [7, 11) is 3.17. The molecule has 0 aliphatic carbocycles. The molecule has 1 aliphatic heterocycles. The van der Waals surface area contributed by atoms with Crippen LogP contribution in [0, 0.1) is 6.92 Å². The lowest BCUT2D eigenvalue weighted by atomic mass is 9.93. The van der Waals surface area contributed by atoms with Crippen molar-refractivity contribution in [1.29, 1.82) is 0 Å². The lowest BCUT2D eigenvalue weighted by Crippen LogP contribution is -2.31. The predicted molar refractivity (Wildman–Crippen MR) is 119 cm³/mol. The second kappa shape index (κ2) is 9.79. The summed E-state index contributed by atoms with van der Waals surface area (Å²) < 4.78 is 10.4. The molecule has 1 aliphatic rings. The van der Waals surface area contributed by atoms with Crippen LogP contribution in [-0.4, -0.2) is 49.1 Å². The Bertz CT molecular complexity index is 993. The molecule has 1 amide bonds. The molecule has 2 aromatic carbocycles. The van der Waals surface area contributed by atoms with Gasteiger partial charge in [-0.1, -0.05) is 31.2 Å². The maximum absolute atomic E-state index is 13.0. The molecule has 6 nitrogen and oxygen atoms in total. The molecule has 1 saturated heterocycles. The Labute approximate surface area is 183 Å². The summed E-state index contributed by atoms with van der Waals surface area (Å²) in [6, 6.07) is 12.4. The van der Waals surface area contributed by atoms with Crippen molar-refractivity contribution in [2.45, 2.75) is 32.7 Å². The molecule has 31 heavy (non-hydrogen) atoms. The van der Waals surface area contributed by atoms with E-state index in [0.29, 0.717) is 30.9 Å². The number of likely N-dealkylation sites (tertiary alicyclic amines) is 1. The second-order valence-corrected chi connectivity index (χ2v) is 7.61. The van der Waals surface area contributed by atoms with Gasteiger partial charge in [0.25, 0.3) is 11.7 Å². The molecule has 0 unspecified atom stereocenters. The number of nitrogens with zero attached hydrogens (tertiary/aromatic N) is 1. The lowest BCUT2D eigenvalue weighted by Gasteiger charge is -2.25. The maximum Gasteiger partial charge on any atom is 0.295 e. The Kier molecular flexibility index (Phi) is 7.13. The number of aryl methyl sites for hydroxylation is 2. The molecule has 0 aromatic heterocycles. The van der Waals surface area contributed by atoms with Crippen LogP contribution in [0.25, 0.3) is 5.76 Å². The number of Topliss-reactive ketones (excluding diaryl/α,β-unsaturated/α-hetero) is 1. The third-order valence-corrected chi connectivity index (χ3v) is 5.68. The highest BCUT2D eigenvalue weighted by Gasteiger charge is 2.45. The Morgan fingerprint density at radius 1 is 1.10 bits per heavy atom. The van der Waals surface area contributed by atoms with Crippen LogP contribution in [-0.2, 0) is 20.7 Å². The van der Waals surface area contributed by atoms with Crippen molar-refractivity contribution in [3.8, 4) is 5.75 Å². The summed E-state index contributed by atoms with van der Waals surface area (Å²) in [5.41, 5.74) is 3.32. The van der Waals surface area contributed by atoms with Crippen LogP contribution in [0.1, 0.15) is 41.6 Å². The van der Waals surface area contributed by atoms with E-state index in [4.69, 9.17) is 9.47 Å². The van der Waals surface area contributed by atoms with Crippen LogP contribution in [0.3, 0.4) is 0 Å². The third-order valence-electron chi connectivity index (χ3n) is 5.68.